The van der Waals surface area contributed by atoms with E-state index in [1.54, 1.807) is 6.92 Å². The molecule has 1 aliphatic heterocycles. The van der Waals surface area contributed by atoms with Crippen LogP contribution in [0.5, 0.6) is 0 Å². The van der Waals surface area contributed by atoms with Crippen molar-refractivity contribution in [1.29, 1.82) is 0 Å². The standard InChI is InChI=1S/C9H12N2O5S2/c1-6-2-7(10-16-6)4-18(14,15)11-5-17-3-8(11)9(12)13/h2,8H,3-5H2,1H3,(H,12,13)/t8-/m0/s1. The number of aliphatic carboxylic acids is 1. The fourth-order valence-electron chi connectivity index (χ4n) is 1.65. The molecule has 1 atom stereocenters. The Morgan fingerprint density at radius 3 is 3.00 bits per heavy atom. The van der Waals surface area contributed by atoms with Crippen LogP contribution >= 0.6 is 11.8 Å². The Kier molecular flexibility index (Phi) is 3.64. The fourth-order valence-corrected chi connectivity index (χ4v) is 4.85. The summed E-state index contributed by atoms with van der Waals surface area (Å²) in [6.45, 7) is 1.66. The van der Waals surface area contributed by atoms with Crippen molar-refractivity contribution < 1.29 is 22.8 Å². The molecule has 1 saturated heterocycles. The van der Waals surface area contributed by atoms with Crippen molar-refractivity contribution in [2.24, 2.45) is 0 Å². The van der Waals surface area contributed by atoms with Crippen LogP contribution < -0.4 is 0 Å². The Balaban J connectivity index is 2.18. The van der Waals surface area contributed by atoms with Crippen molar-refractivity contribution in [2.75, 3.05) is 11.6 Å². The van der Waals surface area contributed by atoms with Gasteiger partial charge in [-0.25, -0.2) is 8.42 Å². The third kappa shape index (κ3) is 2.68. The van der Waals surface area contributed by atoms with E-state index in [2.05, 4.69) is 5.16 Å². The highest BCUT2D eigenvalue weighted by molar-refractivity contribution is 8.00. The van der Waals surface area contributed by atoms with E-state index in [1.807, 2.05) is 0 Å². The van der Waals surface area contributed by atoms with Crippen LogP contribution in [-0.4, -0.2) is 46.6 Å². The van der Waals surface area contributed by atoms with Crippen LogP contribution in [0, 0.1) is 6.92 Å². The number of aromatic nitrogens is 1. The Labute approximate surface area is 108 Å². The van der Waals surface area contributed by atoms with Crippen LogP contribution in [0.1, 0.15) is 11.5 Å². The number of hydrogen-bond donors (Lipinski definition) is 1. The van der Waals surface area contributed by atoms with Crippen LogP contribution in [-0.2, 0) is 20.6 Å². The van der Waals surface area contributed by atoms with Gasteiger partial charge in [0.25, 0.3) is 0 Å². The van der Waals surface area contributed by atoms with Crippen LogP contribution in [0.4, 0.5) is 0 Å². The van der Waals surface area contributed by atoms with Crippen LogP contribution in [0.2, 0.25) is 0 Å². The molecule has 0 aromatic carbocycles. The van der Waals surface area contributed by atoms with Crippen molar-refractivity contribution in [2.45, 2.75) is 18.7 Å². The Morgan fingerprint density at radius 1 is 1.72 bits per heavy atom. The highest BCUT2D eigenvalue weighted by atomic mass is 32.2. The second-order valence-electron chi connectivity index (χ2n) is 3.93. The lowest BCUT2D eigenvalue weighted by molar-refractivity contribution is -0.140. The lowest BCUT2D eigenvalue weighted by Gasteiger charge is -2.19. The molecular weight excluding hydrogens is 280 g/mol. The number of carboxylic acids is 1. The molecule has 0 saturated carbocycles. The molecule has 7 nitrogen and oxygen atoms in total. The monoisotopic (exact) mass is 292 g/mol. The van der Waals surface area contributed by atoms with Gasteiger partial charge in [-0.15, -0.1) is 11.8 Å². The summed E-state index contributed by atoms with van der Waals surface area (Å²) in [6, 6.07) is 0.532. The topological polar surface area (TPSA) is 101 Å². The zero-order valence-electron chi connectivity index (χ0n) is 9.57. The van der Waals surface area contributed by atoms with Gasteiger partial charge in [0.15, 0.2) is 0 Å². The minimum atomic E-state index is -3.68. The number of sulfonamides is 1. The van der Waals surface area contributed by atoms with Gasteiger partial charge in [0.1, 0.15) is 23.2 Å². The van der Waals surface area contributed by atoms with Gasteiger partial charge in [-0.05, 0) is 6.92 Å². The van der Waals surface area contributed by atoms with E-state index in [0.29, 0.717) is 5.76 Å². The average molecular weight is 292 g/mol. The van der Waals surface area contributed by atoms with Crippen molar-refractivity contribution in [1.82, 2.24) is 9.46 Å². The largest absolute Gasteiger partial charge is 0.480 e. The van der Waals surface area contributed by atoms with E-state index in [4.69, 9.17) is 9.63 Å². The smallest absolute Gasteiger partial charge is 0.322 e. The number of rotatable bonds is 4. The first-order chi connectivity index (χ1) is 8.40. The van der Waals surface area contributed by atoms with Gasteiger partial charge in [-0.1, -0.05) is 5.16 Å². The Hall–Kier alpha value is -1.06. The molecule has 100 valence electrons. The molecule has 0 bridgehead atoms. The molecule has 1 aromatic rings. The number of hydrogen-bond acceptors (Lipinski definition) is 6. The molecule has 9 heteroatoms. The molecule has 1 aliphatic rings. The fraction of sp³-hybridized carbons (Fsp3) is 0.556. The van der Waals surface area contributed by atoms with Crippen LogP contribution in [0.3, 0.4) is 0 Å². The molecule has 2 rings (SSSR count). The van der Waals surface area contributed by atoms with Gasteiger partial charge in [0, 0.05) is 11.8 Å². The molecule has 0 unspecified atom stereocenters. The maximum atomic E-state index is 12.1. The maximum absolute atomic E-state index is 12.1. The first kappa shape index (κ1) is 13.4. The quantitative estimate of drug-likeness (QED) is 0.850. The minimum Gasteiger partial charge on any atom is -0.480 e. The second-order valence-corrected chi connectivity index (χ2v) is 6.85. The summed E-state index contributed by atoms with van der Waals surface area (Å²) < 4.78 is 30.0. The van der Waals surface area contributed by atoms with E-state index < -0.39 is 22.0 Å². The number of carboxylic acid groups (broad SMARTS) is 1. The first-order valence-corrected chi connectivity index (χ1v) is 7.89. The number of nitrogens with zero attached hydrogens (tertiary/aromatic N) is 2. The first-order valence-electron chi connectivity index (χ1n) is 5.12. The summed E-state index contributed by atoms with van der Waals surface area (Å²) in [5, 5.41) is 12.6. The van der Waals surface area contributed by atoms with Gasteiger partial charge >= 0.3 is 5.97 Å². The predicted octanol–water partition coefficient (Wildman–Crippen LogP) is 0.272. The molecule has 0 spiro atoms. The molecule has 1 fully saturated rings. The highest BCUT2D eigenvalue weighted by Crippen LogP contribution is 2.26. The van der Waals surface area contributed by atoms with E-state index >= 15 is 0 Å². The summed E-state index contributed by atoms with van der Waals surface area (Å²) in [4.78, 5) is 11.0. The third-order valence-electron chi connectivity index (χ3n) is 2.49. The number of carbonyl (C=O) groups is 1. The zero-order valence-corrected chi connectivity index (χ0v) is 11.2. The van der Waals surface area contributed by atoms with Gasteiger partial charge < -0.3 is 9.63 Å². The summed E-state index contributed by atoms with van der Waals surface area (Å²) in [5.41, 5.74) is 0.286. The molecule has 18 heavy (non-hydrogen) atoms. The summed E-state index contributed by atoms with van der Waals surface area (Å²) in [6.07, 6.45) is 0. The third-order valence-corrected chi connectivity index (χ3v) is 5.43. The SMILES string of the molecule is Cc1cc(CS(=O)(=O)N2CSC[C@H]2C(=O)O)no1. The molecule has 2 heterocycles. The molecule has 0 radical (unpaired) electrons. The maximum Gasteiger partial charge on any atom is 0.322 e. The van der Waals surface area contributed by atoms with Gasteiger partial charge in [-0.3, -0.25) is 4.79 Å². The second kappa shape index (κ2) is 4.90. The van der Waals surface area contributed by atoms with Crippen molar-refractivity contribution >= 4 is 27.8 Å². The average Bonchev–Trinajstić information content (AvgIpc) is 2.86. The van der Waals surface area contributed by atoms with E-state index in [0.717, 1.165) is 4.31 Å². The summed E-state index contributed by atoms with van der Waals surface area (Å²) in [7, 11) is -3.68. The van der Waals surface area contributed by atoms with E-state index in [9.17, 15) is 13.2 Å². The molecule has 1 N–H and O–H groups in total. The summed E-state index contributed by atoms with van der Waals surface area (Å²) in [5.74, 6) is -0.511. The molecular formula is C9H12N2O5S2. The normalized spacial score (nSPS) is 21.3. The minimum absolute atomic E-state index is 0.163. The highest BCUT2D eigenvalue weighted by Gasteiger charge is 2.39. The lowest BCUT2D eigenvalue weighted by atomic mass is 10.4. The Bertz CT molecular complexity index is 553. The van der Waals surface area contributed by atoms with Crippen molar-refractivity contribution in [3.8, 4) is 0 Å². The van der Waals surface area contributed by atoms with Gasteiger partial charge in [-0.2, -0.15) is 4.31 Å². The number of aryl methyl sites for hydroxylation is 1. The molecule has 1 aromatic heterocycles. The van der Waals surface area contributed by atoms with Gasteiger partial charge in [0.2, 0.25) is 10.0 Å². The van der Waals surface area contributed by atoms with Crippen LogP contribution in [0.15, 0.2) is 10.6 Å². The molecule has 0 amide bonds. The van der Waals surface area contributed by atoms with Crippen molar-refractivity contribution in [3.63, 3.8) is 0 Å². The van der Waals surface area contributed by atoms with Crippen molar-refractivity contribution in [3.05, 3.63) is 17.5 Å². The Morgan fingerprint density at radius 2 is 2.44 bits per heavy atom. The zero-order chi connectivity index (χ0) is 13.3. The predicted molar refractivity (Wildman–Crippen MR) is 64.5 cm³/mol. The van der Waals surface area contributed by atoms with Crippen LogP contribution in [0.25, 0.3) is 0 Å². The lowest BCUT2D eigenvalue weighted by Crippen LogP contribution is -2.42. The van der Waals surface area contributed by atoms with E-state index in [1.165, 1.54) is 17.8 Å². The summed E-state index contributed by atoms with van der Waals surface area (Å²) >= 11 is 1.28. The number of thioether (sulfide) groups is 1. The van der Waals surface area contributed by atoms with Gasteiger partial charge in [0.05, 0.1) is 5.88 Å². The molecule has 0 aliphatic carbocycles. The van der Waals surface area contributed by atoms with E-state index in [-0.39, 0.29) is 23.1 Å².